The third kappa shape index (κ3) is 2.99. The number of fused-ring (bicyclic) bond motifs is 1. The Kier molecular flexibility index (Phi) is 4.31. The highest BCUT2D eigenvalue weighted by Gasteiger charge is 2.19. The van der Waals surface area contributed by atoms with Crippen LogP contribution in [0.5, 0.6) is 5.75 Å². The summed E-state index contributed by atoms with van der Waals surface area (Å²) in [7, 11) is 1.70. The molecule has 1 saturated heterocycles. The van der Waals surface area contributed by atoms with Crippen LogP contribution in [0.25, 0.3) is 11.0 Å². The molecule has 3 rings (SSSR count). The first-order valence-corrected chi connectivity index (χ1v) is 8.11. The molecular weight excluding hydrogens is 282 g/mol. The van der Waals surface area contributed by atoms with Gasteiger partial charge in [-0.2, -0.15) is 0 Å². The predicted molar refractivity (Wildman–Crippen MR) is 88.5 cm³/mol. The van der Waals surface area contributed by atoms with E-state index >= 15 is 0 Å². The molecule has 2 heterocycles. The Morgan fingerprint density at radius 3 is 2.76 bits per heavy atom. The summed E-state index contributed by atoms with van der Waals surface area (Å²) < 4.78 is 8.39. The van der Waals surface area contributed by atoms with Gasteiger partial charge in [0.05, 0.1) is 18.1 Å². The molecule has 0 saturated carbocycles. The number of imidazole rings is 1. The van der Waals surface area contributed by atoms with E-state index in [1.807, 2.05) is 12.1 Å². The number of hydrogen-bond acceptors (Lipinski definition) is 3. The number of ether oxygens (including phenoxy) is 1. The number of likely N-dealkylation sites (tertiary alicyclic amines) is 1. The summed E-state index contributed by atoms with van der Waals surface area (Å²) in [6.45, 7) is 6.82. The Balaban J connectivity index is 1.83. The zero-order valence-electron chi connectivity index (χ0n) is 12.8. The highest BCUT2D eigenvalue weighted by atomic mass is 32.1. The van der Waals surface area contributed by atoms with Crippen LogP contribution in [-0.4, -0.2) is 41.2 Å². The number of nitrogens with one attached hydrogen (secondary N) is 1. The average molecular weight is 305 g/mol. The first kappa shape index (κ1) is 14.6. The molecule has 1 aliphatic rings. The largest absolute Gasteiger partial charge is 0.497 e. The van der Waals surface area contributed by atoms with Crippen molar-refractivity contribution >= 4 is 23.3 Å². The fraction of sp³-hybridized carbons (Fsp3) is 0.562. The van der Waals surface area contributed by atoms with E-state index in [4.69, 9.17) is 17.0 Å². The van der Waals surface area contributed by atoms with Gasteiger partial charge in [-0.1, -0.05) is 6.92 Å². The number of hydrogen-bond donors (Lipinski definition) is 1. The Hall–Kier alpha value is -1.33. The lowest BCUT2D eigenvalue weighted by Crippen LogP contribution is -2.34. The zero-order valence-corrected chi connectivity index (χ0v) is 13.6. The van der Waals surface area contributed by atoms with Crippen LogP contribution in [-0.2, 0) is 6.54 Å². The van der Waals surface area contributed by atoms with Crippen LogP contribution in [0.2, 0.25) is 0 Å². The molecule has 5 heteroatoms. The standard InChI is InChI=1S/C16H23N3OS/c1-3-18-8-6-12(7-9-18)11-19-15-10-13(20-2)4-5-14(15)17-16(19)21/h4-5,10,12H,3,6-9,11H2,1-2H3,(H,17,21). The molecule has 0 aliphatic carbocycles. The molecule has 1 aromatic heterocycles. The maximum Gasteiger partial charge on any atom is 0.178 e. The number of H-pyrrole nitrogens is 1. The van der Waals surface area contributed by atoms with Crippen molar-refractivity contribution in [2.45, 2.75) is 26.3 Å². The Labute approximate surface area is 130 Å². The van der Waals surface area contributed by atoms with Crippen molar-refractivity contribution in [1.82, 2.24) is 14.5 Å². The second kappa shape index (κ2) is 6.20. The van der Waals surface area contributed by atoms with Crippen molar-refractivity contribution in [1.29, 1.82) is 0 Å². The number of aromatic amines is 1. The number of aromatic nitrogens is 2. The first-order valence-electron chi connectivity index (χ1n) is 7.70. The number of benzene rings is 1. The number of piperidine rings is 1. The van der Waals surface area contributed by atoms with E-state index in [2.05, 4.69) is 27.4 Å². The van der Waals surface area contributed by atoms with E-state index < -0.39 is 0 Å². The first-order chi connectivity index (χ1) is 10.2. The summed E-state index contributed by atoms with van der Waals surface area (Å²) in [5.41, 5.74) is 2.24. The summed E-state index contributed by atoms with van der Waals surface area (Å²) >= 11 is 5.50. The molecule has 114 valence electrons. The number of nitrogens with zero attached hydrogens (tertiary/aromatic N) is 2. The Morgan fingerprint density at radius 1 is 1.33 bits per heavy atom. The van der Waals surface area contributed by atoms with Gasteiger partial charge in [0.1, 0.15) is 5.75 Å². The molecule has 21 heavy (non-hydrogen) atoms. The molecular formula is C16H23N3OS. The lowest BCUT2D eigenvalue weighted by atomic mass is 9.97. The van der Waals surface area contributed by atoms with Crippen LogP contribution in [0.3, 0.4) is 0 Å². The highest BCUT2D eigenvalue weighted by molar-refractivity contribution is 7.71. The Bertz CT molecular complexity index is 668. The molecule has 4 nitrogen and oxygen atoms in total. The minimum Gasteiger partial charge on any atom is -0.497 e. The van der Waals surface area contributed by atoms with Gasteiger partial charge in [0.2, 0.25) is 0 Å². The van der Waals surface area contributed by atoms with Crippen molar-refractivity contribution < 1.29 is 4.74 Å². The number of methoxy groups -OCH3 is 1. The minimum absolute atomic E-state index is 0.713. The van der Waals surface area contributed by atoms with Gasteiger partial charge in [-0.25, -0.2) is 0 Å². The van der Waals surface area contributed by atoms with Gasteiger partial charge in [-0.15, -0.1) is 0 Å². The third-order valence-corrected chi connectivity index (χ3v) is 4.90. The van der Waals surface area contributed by atoms with Gasteiger partial charge >= 0.3 is 0 Å². The summed E-state index contributed by atoms with van der Waals surface area (Å²) in [5.74, 6) is 1.59. The predicted octanol–water partition coefficient (Wildman–Crippen LogP) is 3.44. The second-order valence-electron chi connectivity index (χ2n) is 5.80. The van der Waals surface area contributed by atoms with Crippen molar-refractivity contribution in [3.63, 3.8) is 0 Å². The quantitative estimate of drug-likeness (QED) is 0.879. The molecule has 0 atom stereocenters. The molecule has 0 spiro atoms. The Morgan fingerprint density at radius 2 is 2.10 bits per heavy atom. The van der Waals surface area contributed by atoms with Gasteiger partial charge in [0.25, 0.3) is 0 Å². The van der Waals surface area contributed by atoms with Gasteiger partial charge < -0.3 is 19.2 Å². The monoisotopic (exact) mass is 305 g/mol. The molecule has 0 unspecified atom stereocenters. The minimum atomic E-state index is 0.713. The van der Waals surface area contributed by atoms with E-state index in [0.717, 1.165) is 34.6 Å². The fourth-order valence-electron chi connectivity index (χ4n) is 3.18. The van der Waals surface area contributed by atoms with Crippen LogP contribution < -0.4 is 4.74 Å². The molecule has 1 aromatic carbocycles. The summed E-state index contributed by atoms with van der Waals surface area (Å²) in [6, 6.07) is 6.08. The van der Waals surface area contributed by atoms with Gasteiger partial charge in [-0.3, -0.25) is 0 Å². The van der Waals surface area contributed by atoms with Gasteiger partial charge in [-0.05, 0) is 62.7 Å². The SMILES string of the molecule is CCN1CCC(Cn2c(=S)[nH]c3ccc(OC)cc32)CC1. The summed E-state index contributed by atoms with van der Waals surface area (Å²) in [4.78, 5) is 5.82. The van der Waals surface area contributed by atoms with Crippen molar-refractivity contribution in [2.75, 3.05) is 26.7 Å². The van der Waals surface area contributed by atoms with Crippen LogP contribution in [0.4, 0.5) is 0 Å². The maximum atomic E-state index is 5.50. The molecule has 1 N–H and O–H groups in total. The van der Waals surface area contributed by atoms with E-state index in [1.165, 1.54) is 25.9 Å². The van der Waals surface area contributed by atoms with E-state index in [9.17, 15) is 0 Å². The smallest absolute Gasteiger partial charge is 0.178 e. The maximum absolute atomic E-state index is 5.50. The molecule has 0 amide bonds. The molecule has 1 fully saturated rings. The summed E-state index contributed by atoms with van der Waals surface area (Å²) in [6.07, 6.45) is 2.51. The van der Waals surface area contributed by atoms with Crippen molar-refractivity contribution in [3.8, 4) is 5.75 Å². The van der Waals surface area contributed by atoms with Gasteiger partial charge in [0, 0.05) is 12.6 Å². The molecule has 1 aliphatic heterocycles. The normalized spacial score (nSPS) is 17.4. The van der Waals surface area contributed by atoms with E-state index in [-0.39, 0.29) is 0 Å². The number of rotatable bonds is 4. The fourth-order valence-corrected chi connectivity index (χ4v) is 3.47. The lowest BCUT2D eigenvalue weighted by molar-refractivity contribution is 0.181. The van der Waals surface area contributed by atoms with Crippen LogP contribution >= 0.6 is 12.2 Å². The zero-order chi connectivity index (χ0) is 14.8. The van der Waals surface area contributed by atoms with E-state index in [1.54, 1.807) is 7.11 Å². The molecule has 0 radical (unpaired) electrons. The lowest BCUT2D eigenvalue weighted by Gasteiger charge is -2.31. The van der Waals surface area contributed by atoms with Crippen molar-refractivity contribution in [2.24, 2.45) is 5.92 Å². The van der Waals surface area contributed by atoms with Crippen LogP contribution in [0, 0.1) is 10.7 Å². The van der Waals surface area contributed by atoms with Crippen LogP contribution in [0.1, 0.15) is 19.8 Å². The third-order valence-electron chi connectivity index (χ3n) is 4.58. The molecule has 0 bridgehead atoms. The van der Waals surface area contributed by atoms with E-state index in [0.29, 0.717) is 5.92 Å². The second-order valence-corrected chi connectivity index (χ2v) is 6.19. The molecule has 2 aromatic rings. The van der Waals surface area contributed by atoms with Gasteiger partial charge in [0.15, 0.2) is 4.77 Å². The average Bonchev–Trinajstić information content (AvgIpc) is 2.83. The van der Waals surface area contributed by atoms with Crippen molar-refractivity contribution in [3.05, 3.63) is 23.0 Å². The van der Waals surface area contributed by atoms with Crippen LogP contribution in [0.15, 0.2) is 18.2 Å². The summed E-state index contributed by atoms with van der Waals surface area (Å²) in [5, 5.41) is 0. The highest BCUT2D eigenvalue weighted by Crippen LogP contribution is 2.24. The topological polar surface area (TPSA) is 33.2 Å².